The fourth-order valence-electron chi connectivity index (χ4n) is 6.97. The molecule has 0 fully saturated rings. The van der Waals surface area contributed by atoms with Crippen molar-refractivity contribution in [2.45, 2.75) is 31.6 Å². The average Bonchev–Trinajstić information content (AvgIpc) is 3.39. The summed E-state index contributed by atoms with van der Waals surface area (Å²) in [6.45, 7) is 6.66. The van der Waals surface area contributed by atoms with Gasteiger partial charge in [-0.05, 0) is 74.6 Å². The Labute approximate surface area is 289 Å². The number of fused-ring (bicyclic) bond motifs is 4. The van der Waals surface area contributed by atoms with E-state index in [0.29, 0.717) is 5.56 Å². The van der Waals surface area contributed by atoms with Crippen molar-refractivity contribution < 1.29 is 26.2 Å². The first-order valence-electron chi connectivity index (χ1n) is 15.6. The molecule has 5 aromatic carbocycles. The maximum absolute atomic E-state index is 11.0. The van der Waals surface area contributed by atoms with E-state index in [9.17, 15) is 5.11 Å². The fourth-order valence-corrected chi connectivity index (χ4v) is 6.97. The Morgan fingerprint density at radius 1 is 0.660 bits per heavy atom. The van der Waals surface area contributed by atoms with Crippen molar-refractivity contribution in [3.05, 3.63) is 168 Å². The number of aromatic hydroxyl groups is 1. The zero-order chi connectivity index (χ0) is 31.5. The van der Waals surface area contributed by atoms with E-state index in [1.165, 1.54) is 11.1 Å². The molecular formula is C42H32N3OPt-. The molecule has 1 N–H and O–H groups in total. The Bertz CT molecular complexity index is 2240. The molecule has 0 spiro atoms. The van der Waals surface area contributed by atoms with E-state index in [1.807, 2.05) is 36.4 Å². The molecule has 1 aliphatic rings. The van der Waals surface area contributed by atoms with E-state index in [1.54, 1.807) is 12.4 Å². The number of phenolic OH excluding ortho intramolecular Hbond substituents is 1. The number of rotatable bonds is 4. The zero-order valence-corrected chi connectivity index (χ0v) is 28.6. The van der Waals surface area contributed by atoms with E-state index in [-0.39, 0.29) is 32.2 Å². The van der Waals surface area contributed by atoms with Gasteiger partial charge in [0.05, 0.1) is 22.3 Å². The maximum atomic E-state index is 11.0. The van der Waals surface area contributed by atoms with Gasteiger partial charge in [-0.3, -0.25) is 9.97 Å². The van der Waals surface area contributed by atoms with Gasteiger partial charge in [-0.2, -0.15) is 0 Å². The van der Waals surface area contributed by atoms with Gasteiger partial charge in [-0.1, -0.05) is 99.6 Å². The van der Waals surface area contributed by atoms with Crippen LogP contribution in [0.2, 0.25) is 0 Å². The molecule has 2 aromatic heterocycles. The number of para-hydroxylation sites is 2. The quantitative estimate of drug-likeness (QED) is 0.181. The Morgan fingerprint density at radius 2 is 1.30 bits per heavy atom. The van der Waals surface area contributed by atoms with Crippen molar-refractivity contribution in [3.8, 4) is 39.4 Å². The molecule has 0 atom stereocenters. The summed E-state index contributed by atoms with van der Waals surface area (Å²) < 4.78 is 0. The van der Waals surface area contributed by atoms with Crippen LogP contribution in [0.15, 0.2) is 134 Å². The first-order valence-corrected chi connectivity index (χ1v) is 15.6. The van der Waals surface area contributed by atoms with Crippen LogP contribution in [-0.2, 0) is 31.9 Å². The Kier molecular flexibility index (Phi) is 7.65. The smallest absolute Gasteiger partial charge is 0.124 e. The summed E-state index contributed by atoms with van der Waals surface area (Å²) in [4.78, 5) is 14.7. The largest absolute Gasteiger partial charge is 0.507 e. The van der Waals surface area contributed by atoms with Crippen LogP contribution in [0.3, 0.4) is 0 Å². The van der Waals surface area contributed by atoms with Gasteiger partial charge in [0.1, 0.15) is 12.1 Å². The van der Waals surface area contributed by atoms with Crippen molar-refractivity contribution in [1.82, 2.24) is 15.0 Å². The summed E-state index contributed by atoms with van der Waals surface area (Å²) >= 11 is 0. The standard InChI is InChI=1S/C42H32N3O.Pt/c1-41(2,3)29-24-37(32-17-7-11-22-38(32)46)45-39(25-29)42(34-19-8-4-15-30(34)31-16-5-9-20-35(31)42)28-14-12-13-27(23-28)40-33-18-6-10-21-36(33)43-26-44-40;/h4-22,24-26,46H,1-3H3;/q-1;. The number of pyridine rings is 1. The summed E-state index contributed by atoms with van der Waals surface area (Å²) in [5, 5.41) is 12.0. The molecule has 2 heterocycles. The molecule has 0 bridgehead atoms. The maximum Gasteiger partial charge on any atom is 0.124 e. The molecule has 1 aliphatic carbocycles. The van der Waals surface area contributed by atoms with E-state index >= 15 is 0 Å². The second-order valence-electron chi connectivity index (χ2n) is 13.0. The second kappa shape index (κ2) is 11.7. The zero-order valence-electron chi connectivity index (χ0n) is 26.3. The van der Waals surface area contributed by atoms with Gasteiger partial charge in [0.2, 0.25) is 0 Å². The summed E-state index contributed by atoms with van der Waals surface area (Å²) in [6.07, 6.45) is 1.63. The molecule has 5 heteroatoms. The summed E-state index contributed by atoms with van der Waals surface area (Å²) in [7, 11) is 0. The van der Waals surface area contributed by atoms with Crippen molar-refractivity contribution >= 4 is 10.9 Å². The molecule has 0 radical (unpaired) electrons. The van der Waals surface area contributed by atoms with Crippen LogP contribution < -0.4 is 0 Å². The van der Waals surface area contributed by atoms with Gasteiger partial charge in [-0.25, -0.2) is 4.98 Å². The van der Waals surface area contributed by atoms with E-state index < -0.39 is 5.41 Å². The molecule has 0 saturated carbocycles. The minimum atomic E-state index is -0.785. The van der Waals surface area contributed by atoms with E-state index in [0.717, 1.165) is 55.8 Å². The minimum Gasteiger partial charge on any atom is -0.507 e. The minimum absolute atomic E-state index is 0. The number of aromatic nitrogens is 3. The second-order valence-corrected chi connectivity index (χ2v) is 13.0. The Hall–Kier alpha value is -4.92. The molecule has 232 valence electrons. The number of phenols is 1. The van der Waals surface area contributed by atoms with Crippen LogP contribution in [0.4, 0.5) is 0 Å². The molecule has 0 unspecified atom stereocenters. The number of hydrogen-bond acceptors (Lipinski definition) is 4. The van der Waals surface area contributed by atoms with E-state index in [4.69, 9.17) is 9.97 Å². The Balaban J connectivity index is 0.00000351. The van der Waals surface area contributed by atoms with E-state index in [2.05, 4.69) is 117 Å². The van der Waals surface area contributed by atoms with Gasteiger partial charge in [0.15, 0.2) is 0 Å². The topological polar surface area (TPSA) is 58.9 Å². The third-order valence-corrected chi connectivity index (χ3v) is 9.20. The molecule has 0 saturated heterocycles. The van der Waals surface area contributed by atoms with Crippen LogP contribution in [0.5, 0.6) is 5.75 Å². The summed E-state index contributed by atoms with van der Waals surface area (Å²) in [5.41, 5.74) is 10.8. The summed E-state index contributed by atoms with van der Waals surface area (Å²) in [6, 6.07) is 47.4. The van der Waals surface area contributed by atoms with Crippen LogP contribution in [-0.4, -0.2) is 20.1 Å². The SMILES string of the molecule is CC(C)(C)c1cc(-c2ccccc2O)nc(C2(c3[c-]c(-c4ncnc5ccccc45)ccc3)c3ccccc3-c3ccccc32)c1.[Pt]. The van der Waals surface area contributed by atoms with Crippen molar-refractivity contribution in [2.75, 3.05) is 0 Å². The first-order chi connectivity index (χ1) is 22.4. The van der Waals surface area contributed by atoms with Crippen molar-refractivity contribution in [3.63, 3.8) is 0 Å². The monoisotopic (exact) mass is 789 g/mol. The molecule has 4 nitrogen and oxygen atoms in total. The number of benzene rings is 5. The van der Waals surface area contributed by atoms with Crippen LogP contribution in [0, 0.1) is 6.07 Å². The van der Waals surface area contributed by atoms with Crippen molar-refractivity contribution in [2.24, 2.45) is 0 Å². The van der Waals surface area contributed by atoms with Gasteiger partial charge in [-0.15, -0.1) is 35.4 Å². The average molecular weight is 790 g/mol. The fraction of sp³-hybridized carbons (Fsp3) is 0.119. The molecule has 0 amide bonds. The third-order valence-electron chi connectivity index (χ3n) is 9.20. The molecule has 47 heavy (non-hydrogen) atoms. The molecule has 7 aromatic rings. The molecular weight excluding hydrogens is 758 g/mol. The van der Waals surface area contributed by atoms with Gasteiger partial charge < -0.3 is 5.11 Å². The Morgan fingerprint density at radius 3 is 2.00 bits per heavy atom. The molecule has 0 aliphatic heterocycles. The summed E-state index contributed by atoms with van der Waals surface area (Å²) in [5.74, 6) is 0.206. The van der Waals surface area contributed by atoms with Crippen LogP contribution in [0.1, 0.15) is 48.7 Å². The predicted octanol–water partition coefficient (Wildman–Crippen LogP) is 9.52. The van der Waals surface area contributed by atoms with Gasteiger partial charge in [0, 0.05) is 26.6 Å². The van der Waals surface area contributed by atoms with Crippen molar-refractivity contribution in [1.29, 1.82) is 0 Å². The first kappa shape index (κ1) is 30.7. The van der Waals surface area contributed by atoms with Crippen LogP contribution >= 0.6 is 0 Å². The third kappa shape index (κ3) is 4.91. The molecule has 8 rings (SSSR count). The van der Waals surface area contributed by atoms with Crippen LogP contribution in [0.25, 0.3) is 44.5 Å². The van der Waals surface area contributed by atoms with Gasteiger partial charge in [0.25, 0.3) is 0 Å². The predicted molar refractivity (Wildman–Crippen MR) is 185 cm³/mol. The van der Waals surface area contributed by atoms with Gasteiger partial charge >= 0.3 is 0 Å². The normalized spacial score (nSPS) is 13.1. The number of nitrogens with zero attached hydrogens (tertiary/aromatic N) is 3. The number of hydrogen-bond donors (Lipinski definition) is 1.